The van der Waals surface area contributed by atoms with Crippen LogP contribution in [0.5, 0.6) is 0 Å². The Morgan fingerprint density at radius 2 is 0.933 bits per heavy atom. The molecule has 0 aliphatic heterocycles. The molecular weight excluding hydrogens is 327 g/mol. The van der Waals surface area contributed by atoms with E-state index in [2.05, 4.69) is 13.8 Å². The van der Waals surface area contributed by atoms with Crippen molar-refractivity contribution < 1.29 is 0 Å². The number of unbranched alkanes of at least 4 members (excludes halogenated alkanes) is 4. The minimum atomic E-state index is 0. The standard InChI is InChI=1S/2C5H12S.2CH4.Sn/c2*1-2-3-4-5-6;;;/h2*6H,2-5H2,1H3;2*1H4;/q;;;;+2/p-2. The first-order valence-corrected chi connectivity index (χ1v) is 6.15. The van der Waals surface area contributed by atoms with E-state index in [1.165, 1.54) is 38.5 Å². The normalized spacial score (nSPS) is 7.20. The summed E-state index contributed by atoms with van der Waals surface area (Å²) >= 11 is 9.43. The second-order valence-electron chi connectivity index (χ2n) is 2.82. The van der Waals surface area contributed by atoms with E-state index in [-0.39, 0.29) is 38.8 Å². The zero-order valence-electron chi connectivity index (χ0n) is 8.97. The van der Waals surface area contributed by atoms with Crippen LogP contribution < -0.4 is 0 Å². The Morgan fingerprint density at radius 3 is 1.00 bits per heavy atom. The summed E-state index contributed by atoms with van der Waals surface area (Å²) in [5.74, 6) is 1.88. The van der Waals surface area contributed by atoms with Gasteiger partial charge >= 0.3 is 23.9 Å². The molecule has 15 heavy (non-hydrogen) atoms. The first kappa shape index (κ1) is 30.0. The molecule has 0 unspecified atom stereocenters. The fraction of sp³-hybridized carbons (Fsp3) is 1.00. The predicted molar refractivity (Wildman–Crippen MR) is 82.7 cm³/mol. The van der Waals surface area contributed by atoms with Gasteiger partial charge < -0.3 is 25.3 Å². The van der Waals surface area contributed by atoms with Crippen LogP contribution in [0.3, 0.4) is 0 Å². The second-order valence-corrected chi connectivity index (χ2v) is 3.64. The summed E-state index contributed by atoms with van der Waals surface area (Å²) in [7, 11) is 0. The molecule has 94 valence electrons. The van der Waals surface area contributed by atoms with Gasteiger partial charge in [0.15, 0.2) is 0 Å². The van der Waals surface area contributed by atoms with Gasteiger partial charge in [-0.05, 0) is 0 Å². The molecule has 0 aliphatic carbocycles. The van der Waals surface area contributed by atoms with Gasteiger partial charge in [0.1, 0.15) is 0 Å². The van der Waals surface area contributed by atoms with E-state index >= 15 is 0 Å². The Kier molecular flexibility index (Phi) is 72.2. The quantitative estimate of drug-likeness (QED) is 0.394. The van der Waals surface area contributed by atoms with Gasteiger partial charge in [0.2, 0.25) is 0 Å². The van der Waals surface area contributed by atoms with Gasteiger partial charge in [-0.15, -0.1) is 0 Å². The van der Waals surface area contributed by atoms with Crippen LogP contribution in [0, 0.1) is 0 Å². The van der Waals surface area contributed by atoms with Crippen molar-refractivity contribution in [2.45, 2.75) is 67.2 Å². The SMILES string of the molecule is C.C.CCCCC[S-].CCCCC[S-].[Sn+2]. The summed E-state index contributed by atoms with van der Waals surface area (Å²) in [6.45, 7) is 4.37. The van der Waals surface area contributed by atoms with Gasteiger partial charge in [-0.25, -0.2) is 0 Å². The van der Waals surface area contributed by atoms with Crippen molar-refractivity contribution in [2.75, 3.05) is 11.5 Å². The summed E-state index contributed by atoms with van der Waals surface area (Å²) in [6.07, 6.45) is 7.65. The largest absolute Gasteiger partial charge is 2.00 e. The van der Waals surface area contributed by atoms with E-state index in [1.54, 1.807) is 0 Å². The molecule has 0 fully saturated rings. The van der Waals surface area contributed by atoms with Crippen molar-refractivity contribution in [3.8, 4) is 0 Å². The van der Waals surface area contributed by atoms with Gasteiger partial charge in [-0.3, -0.25) is 0 Å². The summed E-state index contributed by atoms with van der Waals surface area (Å²) < 4.78 is 0. The Labute approximate surface area is 127 Å². The Hall–Kier alpha value is 1.50. The van der Waals surface area contributed by atoms with E-state index in [1.807, 2.05) is 0 Å². The maximum atomic E-state index is 4.72. The van der Waals surface area contributed by atoms with Crippen LogP contribution in [0.15, 0.2) is 0 Å². The van der Waals surface area contributed by atoms with Crippen LogP contribution in [0.25, 0.3) is 0 Å². The van der Waals surface area contributed by atoms with Crippen molar-refractivity contribution >= 4 is 49.2 Å². The molecule has 0 spiro atoms. The van der Waals surface area contributed by atoms with Crippen LogP contribution in [0.2, 0.25) is 0 Å². The van der Waals surface area contributed by atoms with Gasteiger partial charge in [-0.1, -0.05) is 67.2 Å². The maximum absolute atomic E-state index is 4.72. The summed E-state index contributed by atoms with van der Waals surface area (Å²) in [6, 6.07) is 0. The van der Waals surface area contributed by atoms with E-state index in [9.17, 15) is 0 Å². The minimum absolute atomic E-state index is 0. The van der Waals surface area contributed by atoms with Gasteiger partial charge in [-0.2, -0.15) is 11.5 Å². The molecule has 0 nitrogen and oxygen atoms in total. The Bertz CT molecular complexity index is 45.6. The molecule has 0 aliphatic rings. The van der Waals surface area contributed by atoms with E-state index in [4.69, 9.17) is 25.3 Å². The Morgan fingerprint density at radius 1 is 0.667 bits per heavy atom. The summed E-state index contributed by atoms with van der Waals surface area (Å²) in [5.41, 5.74) is 0. The molecule has 0 aromatic heterocycles. The first-order chi connectivity index (χ1) is 5.83. The van der Waals surface area contributed by atoms with Crippen LogP contribution in [0.4, 0.5) is 0 Å². The third-order valence-electron chi connectivity index (χ3n) is 1.50. The predicted octanol–water partition coefficient (Wildman–Crippen LogP) is 4.34. The van der Waals surface area contributed by atoms with Gasteiger partial charge in [0.05, 0.1) is 0 Å². The van der Waals surface area contributed by atoms with Gasteiger partial charge in [0.25, 0.3) is 0 Å². The molecule has 3 heteroatoms. The molecule has 0 aromatic rings. The fourth-order valence-corrected chi connectivity index (χ4v) is 1.11. The van der Waals surface area contributed by atoms with Crippen molar-refractivity contribution in [3.05, 3.63) is 0 Å². The number of rotatable bonds is 6. The second kappa shape index (κ2) is 36.1. The fourth-order valence-electron chi connectivity index (χ4n) is 0.704. The smallest absolute Gasteiger partial charge is 0.793 e. The minimum Gasteiger partial charge on any atom is -0.793 e. The monoisotopic (exact) mass is 358 g/mol. The van der Waals surface area contributed by atoms with E-state index in [0.717, 1.165) is 11.5 Å². The third kappa shape index (κ3) is 50.2. The molecule has 0 aromatic carbocycles. The third-order valence-corrected chi connectivity index (χ3v) is 2.07. The average Bonchev–Trinajstić information content (AvgIpc) is 2.12. The maximum Gasteiger partial charge on any atom is 2.00 e. The van der Waals surface area contributed by atoms with Crippen LogP contribution in [-0.2, 0) is 25.3 Å². The molecule has 0 saturated heterocycles. The van der Waals surface area contributed by atoms with Crippen LogP contribution in [-0.4, -0.2) is 35.4 Å². The topological polar surface area (TPSA) is 0 Å². The summed E-state index contributed by atoms with van der Waals surface area (Å²) in [5, 5.41) is 0. The molecule has 0 bridgehead atoms. The van der Waals surface area contributed by atoms with E-state index in [0.29, 0.717) is 0 Å². The Balaban J connectivity index is -0.0000000370. The molecule has 0 saturated carbocycles. The summed E-state index contributed by atoms with van der Waals surface area (Å²) in [4.78, 5) is 0. The average molecular weight is 357 g/mol. The first-order valence-electron chi connectivity index (χ1n) is 4.99. The van der Waals surface area contributed by atoms with Crippen LogP contribution >= 0.6 is 0 Å². The zero-order chi connectivity index (χ0) is 9.66. The van der Waals surface area contributed by atoms with Crippen molar-refractivity contribution in [2.24, 2.45) is 0 Å². The van der Waals surface area contributed by atoms with E-state index < -0.39 is 0 Å². The number of hydrogen-bond donors (Lipinski definition) is 0. The zero-order valence-corrected chi connectivity index (χ0v) is 13.5. The molecule has 0 amide bonds. The molecule has 0 N–H and O–H groups in total. The van der Waals surface area contributed by atoms with Crippen LogP contribution in [0.1, 0.15) is 67.2 Å². The van der Waals surface area contributed by atoms with Crippen molar-refractivity contribution in [1.82, 2.24) is 0 Å². The van der Waals surface area contributed by atoms with Crippen molar-refractivity contribution in [1.29, 1.82) is 0 Å². The van der Waals surface area contributed by atoms with Crippen molar-refractivity contribution in [3.63, 3.8) is 0 Å². The molecular formula is C12H30S2Sn. The number of hydrogen-bond acceptors (Lipinski definition) is 2. The molecule has 0 heterocycles. The van der Waals surface area contributed by atoms with Gasteiger partial charge in [0, 0.05) is 0 Å². The molecule has 2 radical (unpaired) electrons. The molecule has 0 atom stereocenters. The molecule has 0 rings (SSSR count).